The van der Waals surface area contributed by atoms with Gasteiger partial charge in [0.15, 0.2) is 0 Å². The first-order valence-electron chi connectivity index (χ1n) is 5.82. The second-order valence-corrected chi connectivity index (χ2v) is 3.81. The fourth-order valence-electron chi connectivity index (χ4n) is 1.43. The molecule has 0 aliphatic rings. The van der Waals surface area contributed by atoms with Gasteiger partial charge < -0.3 is 19.3 Å². The predicted molar refractivity (Wildman–Crippen MR) is 65.2 cm³/mol. The highest BCUT2D eigenvalue weighted by atomic mass is 19.1. The summed E-state index contributed by atoms with van der Waals surface area (Å²) in [5, 5.41) is 9.52. The average molecular weight is 258 g/mol. The minimum absolute atomic E-state index is 0.298. The summed E-state index contributed by atoms with van der Waals surface area (Å²) in [6.07, 6.45) is -0.699. The van der Waals surface area contributed by atoms with E-state index >= 15 is 0 Å². The number of benzene rings is 1. The Kier molecular flexibility index (Phi) is 6.64. The van der Waals surface area contributed by atoms with Crippen LogP contribution < -0.4 is 4.74 Å². The smallest absolute Gasteiger partial charge is 0.128 e. The van der Waals surface area contributed by atoms with Crippen LogP contribution >= 0.6 is 0 Å². The molecule has 102 valence electrons. The Bertz CT molecular complexity index is 355. The molecule has 1 aromatic carbocycles. The van der Waals surface area contributed by atoms with Crippen LogP contribution in [0.5, 0.6) is 5.75 Å². The van der Waals surface area contributed by atoms with E-state index in [1.807, 2.05) is 0 Å². The maximum atomic E-state index is 13.1. The molecule has 0 bridgehead atoms. The highest BCUT2D eigenvalue weighted by molar-refractivity contribution is 5.35. The van der Waals surface area contributed by atoms with Gasteiger partial charge in [0.2, 0.25) is 0 Å². The molecule has 18 heavy (non-hydrogen) atoms. The maximum absolute atomic E-state index is 13.1. The zero-order chi connectivity index (χ0) is 13.4. The summed E-state index contributed by atoms with van der Waals surface area (Å²) >= 11 is 0. The number of ether oxygens (including phenoxy) is 3. The van der Waals surface area contributed by atoms with Gasteiger partial charge in [-0.2, -0.15) is 0 Å². The van der Waals surface area contributed by atoms with E-state index in [0.29, 0.717) is 37.7 Å². The molecule has 0 radical (unpaired) electrons. The van der Waals surface area contributed by atoms with Gasteiger partial charge in [-0.1, -0.05) is 0 Å². The Balaban J connectivity index is 2.43. The van der Waals surface area contributed by atoms with Gasteiger partial charge in [-0.15, -0.1) is 0 Å². The number of halogens is 1. The molecule has 0 amide bonds. The third kappa shape index (κ3) is 5.00. The lowest BCUT2D eigenvalue weighted by molar-refractivity contribution is 0.0537. The Hall–Kier alpha value is -1.17. The molecule has 0 aliphatic carbocycles. The first-order chi connectivity index (χ1) is 8.65. The van der Waals surface area contributed by atoms with Crippen molar-refractivity contribution in [2.75, 3.05) is 33.5 Å². The number of methoxy groups -OCH3 is 1. The summed E-state index contributed by atoms with van der Waals surface area (Å²) in [6.45, 7) is 3.31. The molecule has 1 rings (SSSR count). The van der Waals surface area contributed by atoms with Crippen molar-refractivity contribution in [3.8, 4) is 5.75 Å². The Morgan fingerprint density at radius 3 is 2.61 bits per heavy atom. The van der Waals surface area contributed by atoms with Crippen molar-refractivity contribution in [1.82, 2.24) is 0 Å². The first kappa shape index (κ1) is 14.9. The lowest BCUT2D eigenvalue weighted by Gasteiger charge is -2.13. The number of rotatable bonds is 8. The van der Waals surface area contributed by atoms with Crippen molar-refractivity contribution in [2.45, 2.75) is 13.0 Å². The maximum Gasteiger partial charge on any atom is 0.128 e. The van der Waals surface area contributed by atoms with Crippen molar-refractivity contribution < 1.29 is 23.7 Å². The molecule has 0 spiro atoms. The second-order valence-electron chi connectivity index (χ2n) is 3.81. The number of hydrogen-bond donors (Lipinski definition) is 1. The molecule has 0 heterocycles. The van der Waals surface area contributed by atoms with Crippen LogP contribution in [0.1, 0.15) is 18.6 Å². The molecule has 0 saturated heterocycles. The van der Waals surface area contributed by atoms with Gasteiger partial charge >= 0.3 is 0 Å². The van der Waals surface area contributed by atoms with E-state index in [1.54, 1.807) is 14.0 Å². The van der Waals surface area contributed by atoms with Crippen molar-refractivity contribution in [2.24, 2.45) is 0 Å². The van der Waals surface area contributed by atoms with Crippen LogP contribution in [0.3, 0.4) is 0 Å². The minimum atomic E-state index is -0.699. The Labute approximate surface area is 106 Å². The van der Waals surface area contributed by atoms with Gasteiger partial charge in [-0.05, 0) is 19.1 Å². The average Bonchev–Trinajstić information content (AvgIpc) is 2.33. The molecule has 0 unspecified atom stereocenters. The molecule has 1 atom stereocenters. The lowest BCUT2D eigenvalue weighted by Crippen LogP contribution is -2.11. The third-order valence-corrected chi connectivity index (χ3v) is 2.34. The van der Waals surface area contributed by atoms with Crippen molar-refractivity contribution in [3.63, 3.8) is 0 Å². The fraction of sp³-hybridized carbons (Fsp3) is 0.538. The molecule has 1 aromatic rings. The number of aliphatic hydroxyl groups excluding tert-OH is 1. The van der Waals surface area contributed by atoms with E-state index < -0.39 is 11.9 Å². The van der Waals surface area contributed by atoms with Gasteiger partial charge in [0.1, 0.15) is 18.2 Å². The minimum Gasteiger partial charge on any atom is -0.491 e. The molecular weight excluding hydrogens is 239 g/mol. The topological polar surface area (TPSA) is 47.9 Å². The highest BCUT2D eigenvalue weighted by Crippen LogP contribution is 2.25. The molecule has 0 aliphatic heterocycles. The molecule has 0 aromatic heterocycles. The van der Waals surface area contributed by atoms with Gasteiger partial charge in [-0.25, -0.2) is 4.39 Å². The highest BCUT2D eigenvalue weighted by Gasteiger charge is 2.10. The molecule has 1 N–H and O–H groups in total. The summed E-state index contributed by atoms with van der Waals surface area (Å²) in [5.74, 6) is -0.0463. The number of aliphatic hydroxyl groups is 1. The van der Waals surface area contributed by atoms with E-state index in [0.717, 1.165) is 0 Å². The van der Waals surface area contributed by atoms with Gasteiger partial charge in [0.05, 0.1) is 25.9 Å². The van der Waals surface area contributed by atoms with Crippen molar-refractivity contribution in [1.29, 1.82) is 0 Å². The Morgan fingerprint density at radius 2 is 1.94 bits per heavy atom. The van der Waals surface area contributed by atoms with E-state index in [9.17, 15) is 9.50 Å². The lowest BCUT2D eigenvalue weighted by atomic mass is 10.1. The molecule has 5 heteroatoms. The summed E-state index contributed by atoms with van der Waals surface area (Å²) < 4.78 is 28.5. The van der Waals surface area contributed by atoms with Crippen molar-refractivity contribution in [3.05, 3.63) is 29.6 Å². The summed E-state index contributed by atoms with van der Waals surface area (Å²) in [5.41, 5.74) is 0.563. The van der Waals surface area contributed by atoms with E-state index in [-0.39, 0.29) is 0 Å². The third-order valence-electron chi connectivity index (χ3n) is 2.34. The molecule has 0 fully saturated rings. The second kappa shape index (κ2) is 8.02. The van der Waals surface area contributed by atoms with Gasteiger partial charge in [0, 0.05) is 18.7 Å². The van der Waals surface area contributed by atoms with E-state index in [1.165, 1.54) is 18.2 Å². The zero-order valence-electron chi connectivity index (χ0n) is 10.7. The van der Waals surface area contributed by atoms with Gasteiger partial charge in [0.25, 0.3) is 0 Å². The van der Waals surface area contributed by atoms with E-state index in [2.05, 4.69) is 0 Å². The first-order valence-corrected chi connectivity index (χ1v) is 5.82. The van der Waals surface area contributed by atoms with Crippen LogP contribution in [0.25, 0.3) is 0 Å². The molecular formula is C13H19FO4. The van der Waals surface area contributed by atoms with Crippen LogP contribution in [-0.2, 0) is 9.47 Å². The standard InChI is InChI=1S/C13H19FO4/c1-10(15)12-4-3-11(14)9-13(12)18-8-7-17-6-5-16-2/h3-4,9-10,15H,5-8H2,1-2H3/t10-/m1/s1. The summed E-state index contributed by atoms with van der Waals surface area (Å²) in [7, 11) is 1.60. The quantitative estimate of drug-likeness (QED) is 0.724. The van der Waals surface area contributed by atoms with Crippen LogP contribution in [0.15, 0.2) is 18.2 Å². The monoisotopic (exact) mass is 258 g/mol. The number of hydrogen-bond acceptors (Lipinski definition) is 4. The molecule has 4 nitrogen and oxygen atoms in total. The van der Waals surface area contributed by atoms with Crippen LogP contribution in [0.4, 0.5) is 4.39 Å². The zero-order valence-corrected chi connectivity index (χ0v) is 10.7. The van der Waals surface area contributed by atoms with Crippen LogP contribution in [0.2, 0.25) is 0 Å². The largest absolute Gasteiger partial charge is 0.491 e. The SMILES string of the molecule is COCCOCCOc1cc(F)ccc1[C@@H](C)O. The van der Waals surface area contributed by atoms with Crippen molar-refractivity contribution >= 4 is 0 Å². The summed E-state index contributed by atoms with van der Waals surface area (Å²) in [4.78, 5) is 0. The normalized spacial score (nSPS) is 12.4. The van der Waals surface area contributed by atoms with Crippen LogP contribution in [0, 0.1) is 5.82 Å². The van der Waals surface area contributed by atoms with E-state index in [4.69, 9.17) is 14.2 Å². The molecule has 0 saturated carbocycles. The fourth-order valence-corrected chi connectivity index (χ4v) is 1.43. The van der Waals surface area contributed by atoms with Gasteiger partial charge in [-0.3, -0.25) is 0 Å². The predicted octanol–water partition coefficient (Wildman–Crippen LogP) is 1.92. The van der Waals surface area contributed by atoms with Crippen LogP contribution in [-0.4, -0.2) is 38.6 Å². The summed E-state index contributed by atoms with van der Waals surface area (Å²) in [6, 6.07) is 4.07. The Morgan fingerprint density at radius 1 is 1.22 bits per heavy atom.